The first-order valence-corrected chi connectivity index (χ1v) is 14.7. The van der Waals surface area contributed by atoms with Crippen molar-refractivity contribution in [2.24, 2.45) is 0 Å². The van der Waals surface area contributed by atoms with Gasteiger partial charge in [0.2, 0.25) is 0 Å². The number of pyridine rings is 1. The molecule has 0 atom stereocenters. The molecule has 24 heavy (non-hydrogen) atoms. The molecule has 0 saturated heterocycles. The highest BCUT2D eigenvalue weighted by Crippen LogP contribution is 2.37. The third-order valence-electron chi connectivity index (χ3n) is 6.14. The van der Waals surface area contributed by atoms with E-state index in [-0.39, 0.29) is 0 Å². The molecule has 0 amide bonds. The molecule has 0 bridgehead atoms. The smallest absolute Gasteiger partial charge is 0.114 e. The number of hydrogen-bond acceptors (Lipinski definition) is 1. The molecule has 0 aliphatic carbocycles. The van der Waals surface area contributed by atoms with E-state index in [0.717, 1.165) is 0 Å². The van der Waals surface area contributed by atoms with Crippen molar-refractivity contribution in [1.29, 1.82) is 0 Å². The average molecular weight is 344 g/mol. The number of fused-ring (bicyclic) bond motifs is 2. The molecule has 0 fully saturated rings. The third-order valence-corrected chi connectivity index (χ3v) is 13.2. The van der Waals surface area contributed by atoms with Crippen LogP contribution in [0.1, 0.15) is 0 Å². The van der Waals surface area contributed by atoms with Crippen molar-refractivity contribution < 1.29 is 0 Å². The van der Waals surface area contributed by atoms with Gasteiger partial charge in [-0.25, -0.2) is 0 Å². The summed E-state index contributed by atoms with van der Waals surface area (Å²) in [6.45, 7) is 9.99. The molecule has 2 aliphatic heterocycles. The van der Waals surface area contributed by atoms with Crippen LogP contribution in [0, 0.1) is 0 Å². The van der Waals surface area contributed by atoms with Gasteiger partial charge in [-0.1, -0.05) is 68.7 Å². The predicted molar refractivity (Wildman–Crippen MR) is 109 cm³/mol. The van der Waals surface area contributed by atoms with E-state index >= 15 is 0 Å². The Morgan fingerprint density at radius 3 is 1.96 bits per heavy atom. The molecule has 1 nitrogen and oxygen atoms in total. The maximum Gasteiger partial charge on any atom is 0.114 e. The first-order valence-electron chi connectivity index (χ1n) is 8.68. The van der Waals surface area contributed by atoms with Crippen molar-refractivity contribution in [1.82, 2.24) is 4.98 Å². The van der Waals surface area contributed by atoms with E-state index in [4.69, 9.17) is 4.98 Å². The Hall–Kier alpha value is -1.98. The van der Waals surface area contributed by atoms with Crippen molar-refractivity contribution in [2.45, 2.75) is 26.2 Å². The highest BCUT2D eigenvalue weighted by molar-refractivity contribution is 7.07. The van der Waals surface area contributed by atoms with Crippen molar-refractivity contribution in [3.63, 3.8) is 0 Å². The van der Waals surface area contributed by atoms with Gasteiger partial charge in [-0.3, -0.25) is 4.98 Å². The molecule has 0 spiro atoms. The lowest BCUT2D eigenvalue weighted by Crippen LogP contribution is -2.56. The molecule has 5 rings (SSSR count). The van der Waals surface area contributed by atoms with E-state index in [2.05, 4.69) is 74.7 Å². The van der Waals surface area contributed by atoms with Gasteiger partial charge in [-0.15, -0.1) is 0 Å². The maximum atomic E-state index is 4.89. The van der Waals surface area contributed by atoms with E-state index in [9.17, 15) is 0 Å². The molecule has 3 aromatic rings. The lowest BCUT2D eigenvalue weighted by atomic mass is 10.00. The Balaban J connectivity index is 2.08. The fourth-order valence-electron chi connectivity index (χ4n) is 4.83. The third kappa shape index (κ3) is 1.52. The normalized spacial score (nSPS) is 17.8. The van der Waals surface area contributed by atoms with Gasteiger partial charge in [0.15, 0.2) is 0 Å². The molecule has 2 aromatic carbocycles. The minimum atomic E-state index is -1.76. The number of aromatic nitrogens is 1. The van der Waals surface area contributed by atoms with E-state index < -0.39 is 16.1 Å². The molecular weight excluding hydrogens is 322 g/mol. The average Bonchev–Trinajstić information content (AvgIpc) is 2.78. The summed E-state index contributed by atoms with van der Waals surface area (Å²) in [6.07, 6.45) is 2.03. The molecule has 0 unspecified atom stereocenters. The molecule has 0 N–H and O–H groups in total. The first-order chi connectivity index (χ1) is 11.4. The second kappa shape index (κ2) is 4.35. The Morgan fingerprint density at radius 1 is 0.625 bits per heavy atom. The monoisotopic (exact) mass is 343 g/mol. The highest BCUT2D eigenvalue weighted by atomic mass is 28.3. The lowest BCUT2D eigenvalue weighted by molar-refractivity contribution is 1.35. The minimum Gasteiger partial charge on any atom is -0.256 e. The van der Waals surface area contributed by atoms with Crippen LogP contribution in [0.25, 0.3) is 22.4 Å². The second-order valence-electron chi connectivity index (χ2n) is 8.11. The topological polar surface area (TPSA) is 12.9 Å². The van der Waals surface area contributed by atoms with Gasteiger partial charge in [0.05, 0.1) is 5.69 Å². The van der Waals surface area contributed by atoms with Crippen molar-refractivity contribution >= 4 is 36.9 Å². The van der Waals surface area contributed by atoms with Crippen molar-refractivity contribution in [3.8, 4) is 22.4 Å². The fraction of sp³-hybridized carbons (Fsp3) is 0.190. The maximum absolute atomic E-state index is 4.89. The quantitative estimate of drug-likeness (QED) is 0.572. The first kappa shape index (κ1) is 14.4. The Kier molecular flexibility index (Phi) is 2.60. The second-order valence-corrected chi connectivity index (χ2v) is 16.8. The number of hydrogen-bond donors (Lipinski definition) is 0. The predicted octanol–water partition coefficient (Wildman–Crippen LogP) is 2.69. The summed E-state index contributed by atoms with van der Waals surface area (Å²) in [5.74, 6) is 0. The van der Waals surface area contributed by atoms with E-state index in [1.807, 2.05) is 6.20 Å². The zero-order valence-electron chi connectivity index (χ0n) is 14.6. The molecule has 3 heteroatoms. The Morgan fingerprint density at radius 2 is 1.21 bits per heavy atom. The van der Waals surface area contributed by atoms with Crippen molar-refractivity contribution in [3.05, 3.63) is 54.7 Å². The van der Waals surface area contributed by atoms with Gasteiger partial charge in [0.25, 0.3) is 0 Å². The summed E-state index contributed by atoms with van der Waals surface area (Å²) >= 11 is 0. The van der Waals surface area contributed by atoms with Crippen molar-refractivity contribution in [2.75, 3.05) is 0 Å². The SMILES string of the molecule is C[Si]1(C)c2ccccc2-c2nccc3c2-c2c1cccc2[Si]3(C)C. The standard InChI is InChI=1S/C21H21NSi2/c1-23(2)15-9-6-5-8-14(15)21-20-18(12-13-22-21)24(3,4)17-11-7-10-16(23)19(17)20/h5-13H,1-4H3. The summed E-state index contributed by atoms with van der Waals surface area (Å²) in [6, 6.07) is 18.3. The summed E-state index contributed by atoms with van der Waals surface area (Å²) in [5, 5.41) is 6.29. The van der Waals surface area contributed by atoms with Gasteiger partial charge < -0.3 is 0 Å². The van der Waals surface area contributed by atoms with E-state index in [1.54, 1.807) is 21.1 Å². The van der Waals surface area contributed by atoms with Gasteiger partial charge in [-0.05, 0) is 32.4 Å². The molecule has 0 radical (unpaired) electrons. The lowest BCUT2D eigenvalue weighted by Gasteiger charge is -2.27. The van der Waals surface area contributed by atoms with Gasteiger partial charge in [-0.2, -0.15) is 0 Å². The Bertz CT molecular complexity index is 1020. The van der Waals surface area contributed by atoms with Gasteiger partial charge in [0, 0.05) is 17.3 Å². The number of nitrogens with zero attached hydrogens (tertiary/aromatic N) is 1. The van der Waals surface area contributed by atoms with Crippen LogP contribution in [0.4, 0.5) is 0 Å². The minimum absolute atomic E-state index is 1.22. The molecule has 3 heterocycles. The molecule has 0 saturated carbocycles. The molecule has 2 aliphatic rings. The summed E-state index contributed by atoms with van der Waals surface area (Å²) in [7, 11) is -3.39. The van der Waals surface area contributed by atoms with Gasteiger partial charge in [0.1, 0.15) is 16.1 Å². The zero-order chi connectivity index (χ0) is 16.7. The molecular formula is C21H21NSi2. The highest BCUT2D eigenvalue weighted by Gasteiger charge is 2.45. The molecule has 118 valence electrons. The summed E-state index contributed by atoms with van der Waals surface area (Å²) in [5.41, 5.74) is 5.57. The fourth-order valence-corrected chi connectivity index (χ4v) is 11.1. The van der Waals surface area contributed by atoms with Crippen LogP contribution in [0.2, 0.25) is 26.2 Å². The van der Waals surface area contributed by atoms with Crippen LogP contribution in [0.3, 0.4) is 0 Å². The van der Waals surface area contributed by atoms with E-state index in [0.29, 0.717) is 0 Å². The van der Waals surface area contributed by atoms with Crippen LogP contribution in [-0.4, -0.2) is 21.1 Å². The zero-order valence-corrected chi connectivity index (χ0v) is 16.6. The van der Waals surface area contributed by atoms with Crippen LogP contribution in [-0.2, 0) is 0 Å². The largest absolute Gasteiger partial charge is 0.256 e. The summed E-state index contributed by atoms with van der Waals surface area (Å²) < 4.78 is 0. The van der Waals surface area contributed by atoms with Crippen LogP contribution in [0.15, 0.2) is 54.7 Å². The summed E-state index contributed by atoms with van der Waals surface area (Å²) in [4.78, 5) is 4.89. The van der Waals surface area contributed by atoms with E-state index in [1.165, 1.54) is 22.0 Å². The van der Waals surface area contributed by atoms with Gasteiger partial charge >= 0.3 is 0 Å². The number of rotatable bonds is 0. The van der Waals surface area contributed by atoms with Crippen LogP contribution >= 0.6 is 0 Å². The Labute approximate surface area is 145 Å². The molecule has 1 aromatic heterocycles. The van der Waals surface area contributed by atoms with Crippen LogP contribution in [0.5, 0.6) is 0 Å². The number of benzene rings is 2. The van der Waals surface area contributed by atoms with Crippen LogP contribution < -0.4 is 20.7 Å².